The zero-order valence-electron chi connectivity index (χ0n) is 9.24. The van der Waals surface area contributed by atoms with Gasteiger partial charge in [-0.3, -0.25) is 0 Å². The minimum absolute atomic E-state index is 0.00835. The fourth-order valence-corrected chi connectivity index (χ4v) is 2.22. The van der Waals surface area contributed by atoms with Crippen molar-refractivity contribution in [3.63, 3.8) is 0 Å². The van der Waals surface area contributed by atoms with E-state index in [0.29, 0.717) is 0 Å². The number of methoxy groups -OCH3 is 1. The van der Waals surface area contributed by atoms with Crippen LogP contribution in [0, 0.1) is 3.57 Å². The Balaban J connectivity index is 2.40. The van der Waals surface area contributed by atoms with Crippen LogP contribution in [0.15, 0.2) is 40.8 Å². The van der Waals surface area contributed by atoms with E-state index >= 15 is 0 Å². The number of halogens is 1. The molecule has 2 rings (SSSR count). The van der Waals surface area contributed by atoms with Gasteiger partial charge in [-0.05, 0) is 35.6 Å². The lowest BCUT2D eigenvalue weighted by atomic mass is 10.2. The van der Waals surface area contributed by atoms with E-state index in [-0.39, 0.29) is 6.10 Å². The molecule has 2 aromatic rings. The van der Waals surface area contributed by atoms with E-state index in [1.807, 2.05) is 43.3 Å². The number of benzene rings is 1. The normalized spacial score (nSPS) is 12.7. The lowest BCUT2D eigenvalue weighted by Crippen LogP contribution is -1.92. The van der Waals surface area contributed by atoms with Gasteiger partial charge in [0.1, 0.15) is 17.6 Å². The van der Waals surface area contributed by atoms with Crippen LogP contribution in [0.4, 0.5) is 0 Å². The molecule has 0 saturated carbocycles. The molecule has 84 valence electrons. The van der Waals surface area contributed by atoms with E-state index in [1.165, 1.54) is 0 Å². The molecule has 1 heterocycles. The van der Waals surface area contributed by atoms with Crippen molar-refractivity contribution < 1.29 is 9.15 Å². The van der Waals surface area contributed by atoms with Gasteiger partial charge in [0.05, 0.1) is 3.57 Å². The van der Waals surface area contributed by atoms with E-state index in [1.54, 1.807) is 7.11 Å². The van der Waals surface area contributed by atoms with Crippen LogP contribution in [0.3, 0.4) is 0 Å². The van der Waals surface area contributed by atoms with Crippen LogP contribution in [0.1, 0.15) is 18.8 Å². The van der Waals surface area contributed by atoms with Crippen molar-refractivity contribution in [2.75, 3.05) is 7.11 Å². The number of hydrogen-bond acceptors (Lipinski definition) is 2. The highest BCUT2D eigenvalue weighted by Crippen LogP contribution is 2.31. The van der Waals surface area contributed by atoms with Gasteiger partial charge in [0.2, 0.25) is 0 Å². The van der Waals surface area contributed by atoms with Crippen molar-refractivity contribution in [3.8, 4) is 11.3 Å². The number of rotatable bonds is 3. The van der Waals surface area contributed by atoms with Gasteiger partial charge in [-0.15, -0.1) is 0 Å². The maximum Gasteiger partial charge on any atom is 0.147 e. The topological polar surface area (TPSA) is 22.4 Å². The summed E-state index contributed by atoms with van der Waals surface area (Å²) in [4.78, 5) is 0. The first-order chi connectivity index (χ1) is 7.72. The molecular formula is C13H13IO2. The van der Waals surface area contributed by atoms with Crippen molar-refractivity contribution in [2.24, 2.45) is 0 Å². The molecule has 0 bridgehead atoms. The molecule has 1 aromatic heterocycles. The predicted octanol–water partition coefficient (Wildman–Crippen LogP) is 4.26. The van der Waals surface area contributed by atoms with Crippen LogP contribution in [-0.4, -0.2) is 7.11 Å². The standard InChI is InChI=1S/C13H13IO2/c1-9(15-2)12-8-11(14)13(16-12)10-6-4-3-5-7-10/h3-9H,1-2H3. The molecule has 0 N–H and O–H groups in total. The summed E-state index contributed by atoms with van der Waals surface area (Å²) < 4.78 is 12.2. The van der Waals surface area contributed by atoms with E-state index in [9.17, 15) is 0 Å². The summed E-state index contributed by atoms with van der Waals surface area (Å²) in [6.07, 6.45) is -0.00835. The zero-order chi connectivity index (χ0) is 11.5. The summed E-state index contributed by atoms with van der Waals surface area (Å²) in [5.74, 6) is 1.78. The van der Waals surface area contributed by atoms with E-state index in [4.69, 9.17) is 9.15 Å². The monoisotopic (exact) mass is 328 g/mol. The molecule has 1 aromatic carbocycles. The molecule has 3 heteroatoms. The third kappa shape index (κ3) is 2.30. The van der Waals surface area contributed by atoms with Gasteiger partial charge in [-0.1, -0.05) is 30.3 Å². The maximum absolute atomic E-state index is 5.82. The fourth-order valence-electron chi connectivity index (χ4n) is 1.49. The van der Waals surface area contributed by atoms with Crippen molar-refractivity contribution in [3.05, 3.63) is 45.7 Å². The second kappa shape index (κ2) is 5.01. The lowest BCUT2D eigenvalue weighted by Gasteiger charge is -2.04. The summed E-state index contributed by atoms with van der Waals surface area (Å²) in [7, 11) is 1.68. The maximum atomic E-state index is 5.82. The van der Waals surface area contributed by atoms with Crippen molar-refractivity contribution in [1.29, 1.82) is 0 Å². The first-order valence-electron chi connectivity index (χ1n) is 5.10. The lowest BCUT2D eigenvalue weighted by molar-refractivity contribution is 0.100. The molecule has 0 spiro atoms. The Morgan fingerprint density at radius 3 is 2.56 bits per heavy atom. The van der Waals surface area contributed by atoms with Crippen molar-refractivity contribution in [2.45, 2.75) is 13.0 Å². The Labute approximate surface area is 109 Å². The summed E-state index contributed by atoms with van der Waals surface area (Å²) in [5.41, 5.74) is 1.10. The molecule has 2 nitrogen and oxygen atoms in total. The van der Waals surface area contributed by atoms with Gasteiger partial charge in [0.15, 0.2) is 0 Å². The number of hydrogen-bond donors (Lipinski definition) is 0. The Hall–Kier alpha value is -0.810. The molecule has 0 saturated heterocycles. The number of furan rings is 1. The fraction of sp³-hybridized carbons (Fsp3) is 0.231. The molecule has 0 aliphatic rings. The van der Waals surface area contributed by atoms with Crippen LogP contribution in [0.5, 0.6) is 0 Å². The minimum atomic E-state index is -0.00835. The minimum Gasteiger partial charge on any atom is -0.457 e. The van der Waals surface area contributed by atoms with Crippen LogP contribution in [-0.2, 0) is 4.74 Å². The highest BCUT2D eigenvalue weighted by Gasteiger charge is 2.14. The van der Waals surface area contributed by atoms with E-state index in [0.717, 1.165) is 20.7 Å². The Bertz CT molecular complexity index is 462. The molecule has 0 aliphatic heterocycles. The summed E-state index contributed by atoms with van der Waals surface area (Å²) in [6, 6.07) is 12.1. The van der Waals surface area contributed by atoms with E-state index < -0.39 is 0 Å². The average Bonchev–Trinajstić information content (AvgIpc) is 2.71. The van der Waals surface area contributed by atoms with Crippen LogP contribution < -0.4 is 0 Å². The SMILES string of the molecule is COC(C)c1cc(I)c(-c2ccccc2)o1. The van der Waals surface area contributed by atoms with Gasteiger partial charge >= 0.3 is 0 Å². The Kier molecular flexibility index (Phi) is 3.66. The molecule has 1 atom stereocenters. The Morgan fingerprint density at radius 2 is 1.94 bits per heavy atom. The molecular weight excluding hydrogens is 315 g/mol. The second-order valence-electron chi connectivity index (χ2n) is 3.57. The van der Waals surface area contributed by atoms with Gasteiger partial charge in [0, 0.05) is 12.7 Å². The highest BCUT2D eigenvalue weighted by molar-refractivity contribution is 14.1. The first-order valence-corrected chi connectivity index (χ1v) is 6.17. The van der Waals surface area contributed by atoms with Crippen LogP contribution in [0.25, 0.3) is 11.3 Å². The van der Waals surface area contributed by atoms with Gasteiger partial charge in [-0.25, -0.2) is 0 Å². The Morgan fingerprint density at radius 1 is 1.25 bits per heavy atom. The van der Waals surface area contributed by atoms with Gasteiger partial charge < -0.3 is 9.15 Å². The molecule has 0 aliphatic carbocycles. The molecule has 16 heavy (non-hydrogen) atoms. The van der Waals surface area contributed by atoms with Crippen molar-refractivity contribution >= 4 is 22.6 Å². The van der Waals surface area contributed by atoms with Crippen molar-refractivity contribution in [1.82, 2.24) is 0 Å². The molecule has 0 amide bonds. The first kappa shape index (κ1) is 11.7. The second-order valence-corrected chi connectivity index (χ2v) is 4.73. The van der Waals surface area contributed by atoms with E-state index in [2.05, 4.69) is 22.6 Å². The molecule has 0 radical (unpaired) electrons. The predicted molar refractivity (Wildman–Crippen MR) is 72.3 cm³/mol. The average molecular weight is 328 g/mol. The van der Waals surface area contributed by atoms with Crippen LogP contribution in [0.2, 0.25) is 0 Å². The molecule has 1 unspecified atom stereocenters. The summed E-state index contributed by atoms with van der Waals surface area (Å²) in [5, 5.41) is 0. The smallest absolute Gasteiger partial charge is 0.147 e. The third-order valence-electron chi connectivity index (χ3n) is 2.50. The third-order valence-corrected chi connectivity index (χ3v) is 3.30. The van der Waals surface area contributed by atoms with Crippen LogP contribution >= 0.6 is 22.6 Å². The van der Waals surface area contributed by atoms with Gasteiger partial charge in [0.25, 0.3) is 0 Å². The summed E-state index contributed by atoms with van der Waals surface area (Å²) in [6.45, 7) is 1.98. The summed E-state index contributed by atoms with van der Waals surface area (Å²) >= 11 is 2.29. The van der Waals surface area contributed by atoms with Gasteiger partial charge in [-0.2, -0.15) is 0 Å². The largest absolute Gasteiger partial charge is 0.457 e. The molecule has 0 fully saturated rings. The zero-order valence-corrected chi connectivity index (χ0v) is 11.4. The highest BCUT2D eigenvalue weighted by atomic mass is 127. The number of ether oxygens (including phenoxy) is 1. The quantitative estimate of drug-likeness (QED) is 0.786.